The van der Waals surface area contributed by atoms with Gasteiger partial charge in [-0.1, -0.05) is 20.8 Å². The molecule has 4 heteroatoms. The average Bonchev–Trinajstić information content (AvgIpc) is 2.64. The van der Waals surface area contributed by atoms with Gasteiger partial charge in [0.2, 0.25) is 0 Å². The second-order valence-corrected chi connectivity index (χ2v) is 5.44. The minimum absolute atomic E-state index is 0.0345. The van der Waals surface area contributed by atoms with Crippen LogP contribution in [0, 0.1) is 5.41 Å². The van der Waals surface area contributed by atoms with Crippen LogP contribution >= 0.6 is 0 Å². The van der Waals surface area contributed by atoms with Crippen molar-refractivity contribution in [1.29, 1.82) is 0 Å². The van der Waals surface area contributed by atoms with Crippen LogP contribution in [0.2, 0.25) is 0 Å². The second-order valence-electron chi connectivity index (χ2n) is 5.44. The van der Waals surface area contributed by atoms with Crippen molar-refractivity contribution in [1.82, 2.24) is 5.32 Å². The van der Waals surface area contributed by atoms with E-state index in [2.05, 4.69) is 5.32 Å². The van der Waals surface area contributed by atoms with Gasteiger partial charge < -0.3 is 14.8 Å². The number of amides is 1. The van der Waals surface area contributed by atoms with Gasteiger partial charge >= 0.3 is 6.09 Å². The van der Waals surface area contributed by atoms with E-state index >= 15 is 0 Å². The summed E-state index contributed by atoms with van der Waals surface area (Å²) in [5.41, 5.74) is -0.281. The Labute approximate surface area is 96.7 Å². The monoisotopic (exact) mass is 227 g/mol. The van der Waals surface area contributed by atoms with E-state index < -0.39 is 12.1 Å². The molecule has 1 saturated carbocycles. The van der Waals surface area contributed by atoms with Gasteiger partial charge in [-0.05, 0) is 31.1 Å². The topological polar surface area (TPSA) is 55.4 Å². The summed E-state index contributed by atoms with van der Waals surface area (Å²) >= 11 is 0. The van der Waals surface area contributed by atoms with Crippen LogP contribution < -0.4 is 5.32 Å². The molecular formula is C12H21NO3. The molecule has 0 aromatic heterocycles. The normalized spacial score (nSPS) is 19.2. The quantitative estimate of drug-likeness (QED) is 0.752. The molecule has 1 unspecified atom stereocenters. The summed E-state index contributed by atoms with van der Waals surface area (Å²) in [6, 6.07) is -0.499. The van der Waals surface area contributed by atoms with Gasteiger partial charge in [-0.2, -0.15) is 0 Å². The maximum Gasteiger partial charge on any atom is 0.407 e. The third-order valence-electron chi connectivity index (χ3n) is 2.92. The molecule has 0 bridgehead atoms. The molecule has 1 atom stereocenters. The van der Waals surface area contributed by atoms with Crippen molar-refractivity contribution in [3.05, 3.63) is 0 Å². The number of hydrogen-bond donors (Lipinski definition) is 1. The maximum atomic E-state index is 11.5. The Hall–Kier alpha value is -1.06. The molecule has 16 heavy (non-hydrogen) atoms. The average molecular weight is 227 g/mol. The molecule has 4 nitrogen and oxygen atoms in total. The van der Waals surface area contributed by atoms with Crippen LogP contribution in [0.3, 0.4) is 0 Å². The summed E-state index contributed by atoms with van der Waals surface area (Å²) < 4.78 is 5.23. The highest BCUT2D eigenvalue weighted by Crippen LogP contribution is 2.22. The summed E-state index contributed by atoms with van der Waals surface area (Å²) in [6.45, 7) is 5.71. The first-order valence-electron chi connectivity index (χ1n) is 5.86. The van der Waals surface area contributed by atoms with Gasteiger partial charge in [0.05, 0.1) is 6.04 Å². The van der Waals surface area contributed by atoms with E-state index in [4.69, 9.17) is 4.74 Å². The van der Waals surface area contributed by atoms with Crippen molar-refractivity contribution in [2.24, 2.45) is 5.41 Å². The molecule has 0 spiro atoms. The maximum absolute atomic E-state index is 11.5. The molecule has 0 saturated heterocycles. The van der Waals surface area contributed by atoms with E-state index in [1.165, 1.54) is 0 Å². The molecular weight excluding hydrogens is 206 g/mol. The molecule has 92 valence electrons. The Balaban J connectivity index is 2.39. The van der Waals surface area contributed by atoms with E-state index in [9.17, 15) is 9.59 Å². The highest BCUT2D eigenvalue weighted by molar-refractivity contribution is 5.73. The number of nitrogens with one attached hydrogen (secondary N) is 1. The van der Waals surface area contributed by atoms with Gasteiger partial charge in [0.15, 0.2) is 0 Å². The molecule has 1 N–H and O–H groups in total. The number of carbonyl (C=O) groups is 2. The van der Waals surface area contributed by atoms with Gasteiger partial charge in [0, 0.05) is 0 Å². The van der Waals surface area contributed by atoms with Crippen LogP contribution in [0.1, 0.15) is 46.5 Å². The second kappa shape index (κ2) is 5.32. The zero-order chi connectivity index (χ0) is 12.2. The van der Waals surface area contributed by atoms with Crippen molar-refractivity contribution in [3.8, 4) is 0 Å². The Morgan fingerprint density at radius 1 is 1.38 bits per heavy atom. The molecule has 1 amide bonds. The molecule has 1 aliphatic rings. The lowest BCUT2D eigenvalue weighted by molar-refractivity contribution is -0.111. The predicted molar refractivity (Wildman–Crippen MR) is 61.2 cm³/mol. The van der Waals surface area contributed by atoms with Gasteiger partial charge in [-0.15, -0.1) is 0 Å². The fourth-order valence-corrected chi connectivity index (χ4v) is 1.77. The number of rotatable bonds is 3. The summed E-state index contributed by atoms with van der Waals surface area (Å²) in [5, 5.41) is 2.60. The van der Waals surface area contributed by atoms with E-state index in [-0.39, 0.29) is 11.5 Å². The number of alkyl carbamates (subject to hydrolysis) is 1. The fourth-order valence-electron chi connectivity index (χ4n) is 1.77. The number of hydrogen-bond acceptors (Lipinski definition) is 3. The lowest BCUT2D eigenvalue weighted by Crippen LogP contribution is -2.45. The van der Waals surface area contributed by atoms with Crippen LogP contribution in [0.25, 0.3) is 0 Å². The summed E-state index contributed by atoms with van der Waals surface area (Å²) in [5.74, 6) is 0. The van der Waals surface area contributed by atoms with Crippen molar-refractivity contribution in [3.63, 3.8) is 0 Å². The van der Waals surface area contributed by atoms with Gasteiger partial charge in [-0.3, -0.25) is 0 Å². The van der Waals surface area contributed by atoms with Crippen LogP contribution in [0.15, 0.2) is 0 Å². The summed E-state index contributed by atoms with van der Waals surface area (Å²) in [4.78, 5) is 22.4. The Morgan fingerprint density at radius 2 is 1.94 bits per heavy atom. The standard InChI is InChI=1S/C12H21NO3/c1-12(2,3)10(8-14)13-11(15)16-9-6-4-5-7-9/h8-10H,4-7H2,1-3H3,(H,13,15). The van der Waals surface area contributed by atoms with Crippen LogP contribution in [-0.4, -0.2) is 24.5 Å². The van der Waals surface area contributed by atoms with Crippen LogP contribution in [-0.2, 0) is 9.53 Å². The third-order valence-corrected chi connectivity index (χ3v) is 2.92. The van der Waals surface area contributed by atoms with E-state index in [0.717, 1.165) is 32.0 Å². The Morgan fingerprint density at radius 3 is 2.38 bits per heavy atom. The van der Waals surface area contributed by atoms with Gasteiger partial charge in [-0.25, -0.2) is 4.79 Å². The lowest BCUT2D eigenvalue weighted by Gasteiger charge is -2.26. The van der Waals surface area contributed by atoms with Crippen molar-refractivity contribution in [2.45, 2.75) is 58.6 Å². The zero-order valence-corrected chi connectivity index (χ0v) is 10.3. The first-order valence-corrected chi connectivity index (χ1v) is 5.86. The lowest BCUT2D eigenvalue weighted by atomic mass is 9.88. The molecule has 0 aromatic rings. The van der Waals surface area contributed by atoms with Crippen molar-refractivity contribution in [2.75, 3.05) is 0 Å². The fraction of sp³-hybridized carbons (Fsp3) is 0.833. The third kappa shape index (κ3) is 3.83. The zero-order valence-electron chi connectivity index (χ0n) is 10.3. The Bertz CT molecular complexity index is 251. The number of ether oxygens (including phenoxy) is 1. The molecule has 0 aromatic carbocycles. The predicted octanol–water partition coefficient (Wildman–Crippen LogP) is 2.27. The van der Waals surface area contributed by atoms with Crippen molar-refractivity contribution < 1.29 is 14.3 Å². The number of aldehydes is 1. The summed E-state index contributed by atoms with van der Waals surface area (Å²) in [6.07, 6.45) is 4.44. The Kier molecular flexibility index (Phi) is 4.33. The molecule has 0 radical (unpaired) electrons. The molecule has 1 rings (SSSR count). The highest BCUT2D eigenvalue weighted by atomic mass is 16.6. The van der Waals surface area contributed by atoms with E-state index in [1.54, 1.807) is 0 Å². The van der Waals surface area contributed by atoms with E-state index in [0.29, 0.717) is 0 Å². The number of carbonyl (C=O) groups excluding carboxylic acids is 2. The smallest absolute Gasteiger partial charge is 0.407 e. The molecule has 1 aliphatic carbocycles. The SMILES string of the molecule is CC(C)(C)C(C=O)NC(=O)OC1CCCC1. The summed E-state index contributed by atoms with van der Waals surface area (Å²) in [7, 11) is 0. The highest BCUT2D eigenvalue weighted by Gasteiger charge is 2.27. The van der Waals surface area contributed by atoms with Gasteiger partial charge in [0.1, 0.15) is 12.4 Å². The van der Waals surface area contributed by atoms with Crippen LogP contribution in [0.4, 0.5) is 4.79 Å². The molecule has 0 heterocycles. The van der Waals surface area contributed by atoms with Crippen molar-refractivity contribution >= 4 is 12.4 Å². The van der Waals surface area contributed by atoms with Crippen LogP contribution in [0.5, 0.6) is 0 Å². The van der Waals surface area contributed by atoms with E-state index in [1.807, 2.05) is 20.8 Å². The minimum atomic E-state index is -0.499. The largest absolute Gasteiger partial charge is 0.446 e. The molecule has 0 aliphatic heterocycles. The first kappa shape index (κ1) is 13.0. The first-order chi connectivity index (χ1) is 7.43. The minimum Gasteiger partial charge on any atom is -0.446 e. The molecule has 1 fully saturated rings. The van der Waals surface area contributed by atoms with Gasteiger partial charge in [0.25, 0.3) is 0 Å².